The Hall–Kier alpha value is -2.59. The fourth-order valence-corrected chi connectivity index (χ4v) is 3.69. The second-order valence-electron chi connectivity index (χ2n) is 6.48. The maximum Gasteiger partial charge on any atom is 0.364 e. The third kappa shape index (κ3) is 2.39. The van der Waals surface area contributed by atoms with Crippen molar-refractivity contribution in [2.24, 2.45) is 0 Å². The summed E-state index contributed by atoms with van der Waals surface area (Å²) in [7, 11) is 1.46. The van der Waals surface area contributed by atoms with E-state index in [1.807, 2.05) is 12.1 Å². The van der Waals surface area contributed by atoms with Gasteiger partial charge in [-0.25, -0.2) is 4.79 Å². The number of hydrogen-bond donors (Lipinski definition) is 2. The van der Waals surface area contributed by atoms with E-state index < -0.39 is 0 Å². The molecule has 1 aliphatic heterocycles. The minimum Gasteiger partial charge on any atom is -0.465 e. The molecule has 0 bridgehead atoms. The van der Waals surface area contributed by atoms with E-state index in [1.165, 1.54) is 34.9 Å². The first-order chi connectivity index (χ1) is 11.7. The molecule has 0 saturated carbocycles. The Balaban J connectivity index is 1.86. The third-order valence-corrected chi connectivity index (χ3v) is 4.95. The second-order valence-corrected chi connectivity index (χ2v) is 6.48. The lowest BCUT2D eigenvalue weighted by molar-refractivity contribution is -0.712. The fraction of sp³-hybridized carbons (Fsp3) is 0.250. The maximum atomic E-state index is 12.2. The van der Waals surface area contributed by atoms with Gasteiger partial charge in [-0.3, -0.25) is 0 Å². The number of aromatic amines is 1. The van der Waals surface area contributed by atoms with Crippen molar-refractivity contribution in [3.05, 3.63) is 70.9 Å². The molecule has 0 aliphatic carbocycles. The zero-order valence-electron chi connectivity index (χ0n) is 13.9. The molecule has 3 aromatic rings. The van der Waals surface area contributed by atoms with Gasteiger partial charge in [-0.2, -0.15) is 0 Å². The quantitative estimate of drug-likeness (QED) is 0.711. The molecule has 2 atom stereocenters. The van der Waals surface area contributed by atoms with Crippen LogP contribution in [0.2, 0.25) is 0 Å². The SMILES string of the molecule is COC(=O)[C@@H]1Cc2c([nH]c3ccccc23)[C@@H](c2ccc(C)cc2)[NH2+]1. The van der Waals surface area contributed by atoms with Gasteiger partial charge in [0, 0.05) is 22.9 Å². The van der Waals surface area contributed by atoms with Crippen LogP contribution in [0.4, 0.5) is 0 Å². The number of rotatable bonds is 2. The number of methoxy groups -OCH3 is 1. The molecular formula is C20H21N2O2+. The van der Waals surface area contributed by atoms with Crippen molar-refractivity contribution in [1.29, 1.82) is 0 Å². The molecule has 2 aromatic carbocycles. The number of carbonyl (C=O) groups is 1. The summed E-state index contributed by atoms with van der Waals surface area (Å²) in [6.07, 6.45) is 0.689. The van der Waals surface area contributed by atoms with Gasteiger partial charge in [-0.05, 0) is 18.6 Å². The molecule has 122 valence electrons. The molecule has 0 radical (unpaired) electrons. The van der Waals surface area contributed by atoms with Gasteiger partial charge < -0.3 is 15.0 Å². The van der Waals surface area contributed by atoms with Gasteiger partial charge >= 0.3 is 5.97 Å². The van der Waals surface area contributed by atoms with Crippen LogP contribution in [0.1, 0.15) is 28.4 Å². The Kier molecular flexibility index (Phi) is 3.62. The van der Waals surface area contributed by atoms with E-state index in [0.717, 1.165) is 5.52 Å². The topological polar surface area (TPSA) is 58.7 Å². The summed E-state index contributed by atoms with van der Waals surface area (Å²) in [6.45, 7) is 2.08. The normalized spacial score (nSPS) is 19.9. The van der Waals surface area contributed by atoms with Crippen LogP contribution in [0.15, 0.2) is 48.5 Å². The molecule has 0 fully saturated rings. The highest BCUT2D eigenvalue weighted by Crippen LogP contribution is 2.32. The van der Waals surface area contributed by atoms with Crippen molar-refractivity contribution in [3.63, 3.8) is 0 Å². The van der Waals surface area contributed by atoms with Gasteiger partial charge in [-0.15, -0.1) is 0 Å². The average molecular weight is 321 g/mol. The third-order valence-electron chi connectivity index (χ3n) is 4.95. The van der Waals surface area contributed by atoms with E-state index in [0.29, 0.717) is 6.42 Å². The zero-order chi connectivity index (χ0) is 16.7. The molecule has 1 aromatic heterocycles. The van der Waals surface area contributed by atoms with Gasteiger partial charge in [0.25, 0.3) is 0 Å². The highest BCUT2D eigenvalue weighted by molar-refractivity contribution is 5.86. The van der Waals surface area contributed by atoms with Gasteiger partial charge in [0.1, 0.15) is 0 Å². The van der Waals surface area contributed by atoms with E-state index >= 15 is 0 Å². The number of aromatic nitrogens is 1. The van der Waals surface area contributed by atoms with Gasteiger partial charge in [0.05, 0.1) is 12.8 Å². The van der Waals surface area contributed by atoms with E-state index in [4.69, 9.17) is 4.74 Å². The van der Waals surface area contributed by atoms with Crippen LogP contribution in [-0.2, 0) is 16.0 Å². The standard InChI is InChI=1S/C20H20N2O2/c1-12-7-9-13(10-8-12)18-19-15(11-17(22-18)20(23)24-2)14-5-3-4-6-16(14)21-19/h3-10,17-18,21-22H,11H2,1-2H3/p+1/t17-,18+/m0/s1. The van der Waals surface area contributed by atoms with Crippen LogP contribution in [0.3, 0.4) is 0 Å². The number of H-pyrrole nitrogens is 1. The molecule has 0 amide bonds. The molecule has 2 heterocycles. The Labute approximate surface area is 140 Å². The smallest absolute Gasteiger partial charge is 0.364 e. The minimum absolute atomic E-state index is 0.0749. The van der Waals surface area contributed by atoms with Crippen molar-refractivity contribution < 1.29 is 14.8 Å². The first-order valence-electron chi connectivity index (χ1n) is 8.26. The number of carbonyl (C=O) groups excluding carboxylic acids is 1. The highest BCUT2D eigenvalue weighted by Gasteiger charge is 2.38. The molecule has 4 nitrogen and oxygen atoms in total. The van der Waals surface area contributed by atoms with Gasteiger partial charge in [0.2, 0.25) is 0 Å². The van der Waals surface area contributed by atoms with Crippen LogP contribution < -0.4 is 5.32 Å². The first kappa shape index (κ1) is 15.0. The summed E-state index contributed by atoms with van der Waals surface area (Å²) in [4.78, 5) is 15.8. The second kappa shape index (κ2) is 5.80. The van der Waals surface area contributed by atoms with Crippen molar-refractivity contribution in [2.45, 2.75) is 25.4 Å². The van der Waals surface area contributed by atoms with Crippen LogP contribution >= 0.6 is 0 Å². The zero-order valence-corrected chi connectivity index (χ0v) is 13.9. The highest BCUT2D eigenvalue weighted by atomic mass is 16.5. The van der Waals surface area contributed by atoms with E-state index in [1.54, 1.807) is 0 Å². The van der Waals surface area contributed by atoms with Crippen LogP contribution in [0.5, 0.6) is 0 Å². The van der Waals surface area contributed by atoms with E-state index in [2.05, 4.69) is 53.6 Å². The predicted octanol–water partition coefficient (Wildman–Crippen LogP) is 2.23. The number of nitrogens with one attached hydrogen (secondary N) is 1. The Bertz CT molecular complexity index is 896. The lowest BCUT2D eigenvalue weighted by Crippen LogP contribution is -2.94. The summed E-state index contributed by atoms with van der Waals surface area (Å²) in [5.41, 5.74) is 5.98. The molecule has 4 heteroatoms. The van der Waals surface area contributed by atoms with Crippen LogP contribution in [0, 0.1) is 6.92 Å². The molecular weight excluding hydrogens is 300 g/mol. The maximum absolute atomic E-state index is 12.2. The molecule has 0 spiro atoms. The number of esters is 1. The Morgan fingerprint density at radius 3 is 2.67 bits per heavy atom. The molecule has 4 rings (SSSR count). The summed E-state index contributed by atoms with van der Waals surface area (Å²) in [5.74, 6) is -0.164. The number of benzene rings is 2. The Morgan fingerprint density at radius 1 is 1.17 bits per heavy atom. The summed E-state index contributed by atoms with van der Waals surface area (Å²) < 4.78 is 5.02. The summed E-state index contributed by atoms with van der Waals surface area (Å²) in [6, 6.07) is 16.7. The van der Waals surface area contributed by atoms with Crippen molar-refractivity contribution in [3.8, 4) is 0 Å². The van der Waals surface area contributed by atoms with Crippen molar-refractivity contribution in [2.75, 3.05) is 7.11 Å². The predicted molar refractivity (Wildman–Crippen MR) is 92.8 cm³/mol. The fourth-order valence-electron chi connectivity index (χ4n) is 3.69. The first-order valence-corrected chi connectivity index (χ1v) is 8.26. The molecule has 0 saturated heterocycles. The number of quaternary nitrogens is 1. The number of aryl methyl sites for hydroxylation is 1. The van der Waals surface area contributed by atoms with Crippen LogP contribution in [0.25, 0.3) is 10.9 Å². The number of ether oxygens (including phenoxy) is 1. The minimum atomic E-state index is -0.215. The number of nitrogens with two attached hydrogens (primary N) is 1. The van der Waals surface area contributed by atoms with E-state index in [-0.39, 0.29) is 18.1 Å². The molecule has 0 unspecified atom stereocenters. The van der Waals surface area contributed by atoms with Crippen molar-refractivity contribution in [1.82, 2.24) is 4.98 Å². The molecule has 24 heavy (non-hydrogen) atoms. The summed E-state index contributed by atoms with van der Waals surface area (Å²) in [5, 5.41) is 3.32. The van der Waals surface area contributed by atoms with Crippen LogP contribution in [-0.4, -0.2) is 24.1 Å². The average Bonchev–Trinajstić information content (AvgIpc) is 2.99. The number of para-hydroxylation sites is 1. The lowest BCUT2D eigenvalue weighted by Gasteiger charge is -2.27. The van der Waals surface area contributed by atoms with Crippen molar-refractivity contribution >= 4 is 16.9 Å². The molecule has 1 aliphatic rings. The number of hydrogen-bond acceptors (Lipinski definition) is 2. The van der Waals surface area contributed by atoms with E-state index in [9.17, 15) is 4.79 Å². The monoisotopic (exact) mass is 321 g/mol. The largest absolute Gasteiger partial charge is 0.465 e. The van der Waals surface area contributed by atoms with Gasteiger partial charge in [0.15, 0.2) is 12.1 Å². The Morgan fingerprint density at radius 2 is 1.92 bits per heavy atom. The lowest BCUT2D eigenvalue weighted by atomic mass is 9.90. The summed E-state index contributed by atoms with van der Waals surface area (Å²) >= 11 is 0. The van der Waals surface area contributed by atoms with Gasteiger partial charge in [-0.1, -0.05) is 48.0 Å². The number of fused-ring (bicyclic) bond motifs is 3. The molecule has 3 N–H and O–H groups in total.